The number of nitrogen functional groups attached to an aromatic ring is 1. The summed E-state index contributed by atoms with van der Waals surface area (Å²) in [4.78, 5) is 0. The van der Waals surface area contributed by atoms with E-state index < -0.39 is 0 Å². The van der Waals surface area contributed by atoms with E-state index in [2.05, 4.69) is 10.2 Å². The van der Waals surface area contributed by atoms with Crippen LogP contribution < -0.4 is 5.73 Å². The Hall–Kier alpha value is -1.84. The first-order valence-corrected chi connectivity index (χ1v) is 3.48. The van der Waals surface area contributed by atoms with Crippen LogP contribution in [0.25, 0.3) is 11.5 Å². The van der Waals surface area contributed by atoms with E-state index in [4.69, 9.17) is 10.2 Å². The minimum Gasteiger partial charge on any atom is -0.463 e. The maximum Gasteiger partial charge on any atom is 0.154 e. The molecule has 2 heterocycles. The van der Waals surface area contributed by atoms with Crippen LogP contribution in [0.2, 0.25) is 0 Å². The van der Waals surface area contributed by atoms with Crippen molar-refractivity contribution in [2.24, 2.45) is 0 Å². The van der Waals surface area contributed by atoms with E-state index in [1.807, 2.05) is 6.07 Å². The molecule has 0 aliphatic carbocycles. The highest BCUT2D eigenvalue weighted by Crippen LogP contribution is 2.17. The standard InChI is InChI=1S/C8H7N3O/c9-6-4-7(11-10-5-6)8-2-1-3-12-8/h1-5H,(H2,9,11). The Bertz CT molecular complexity index is 370. The van der Waals surface area contributed by atoms with Crippen molar-refractivity contribution in [3.8, 4) is 11.5 Å². The van der Waals surface area contributed by atoms with Gasteiger partial charge in [-0.2, -0.15) is 5.10 Å². The molecule has 0 spiro atoms. The lowest BCUT2D eigenvalue weighted by Crippen LogP contribution is -1.90. The van der Waals surface area contributed by atoms with Crippen molar-refractivity contribution in [1.29, 1.82) is 0 Å². The van der Waals surface area contributed by atoms with Crippen LogP contribution >= 0.6 is 0 Å². The summed E-state index contributed by atoms with van der Waals surface area (Å²) in [5, 5.41) is 7.56. The average Bonchev–Trinajstić information content (AvgIpc) is 2.56. The summed E-state index contributed by atoms with van der Waals surface area (Å²) in [6, 6.07) is 5.31. The van der Waals surface area contributed by atoms with E-state index in [1.165, 1.54) is 6.20 Å². The molecule has 12 heavy (non-hydrogen) atoms. The molecule has 0 radical (unpaired) electrons. The lowest BCUT2D eigenvalue weighted by molar-refractivity contribution is 0.579. The van der Waals surface area contributed by atoms with Gasteiger partial charge in [0.15, 0.2) is 5.76 Å². The Morgan fingerprint density at radius 2 is 2.33 bits per heavy atom. The van der Waals surface area contributed by atoms with Gasteiger partial charge < -0.3 is 10.2 Å². The number of hydrogen-bond acceptors (Lipinski definition) is 4. The molecule has 2 aromatic rings. The van der Waals surface area contributed by atoms with Crippen LogP contribution in [-0.2, 0) is 0 Å². The van der Waals surface area contributed by atoms with Crippen LogP contribution in [0, 0.1) is 0 Å². The predicted octanol–water partition coefficient (Wildman–Crippen LogP) is 1.32. The van der Waals surface area contributed by atoms with Gasteiger partial charge in [0.1, 0.15) is 5.69 Å². The summed E-state index contributed by atoms with van der Waals surface area (Å²) in [5.74, 6) is 0.676. The predicted molar refractivity (Wildman–Crippen MR) is 44.1 cm³/mol. The number of nitrogens with zero attached hydrogens (tertiary/aromatic N) is 2. The molecule has 0 atom stereocenters. The summed E-state index contributed by atoms with van der Waals surface area (Å²) in [6.45, 7) is 0. The monoisotopic (exact) mass is 161 g/mol. The molecule has 0 aromatic carbocycles. The molecule has 2 N–H and O–H groups in total. The Morgan fingerprint density at radius 3 is 3.00 bits per heavy atom. The third kappa shape index (κ3) is 1.14. The molecular weight excluding hydrogens is 154 g/mol. The zero-order valence-electron chi connectivity index (χ0n) is 6.27. The molecule has 0 bridgehead atoms. The summed E-state index contributed by atoms with van der Waals surface area (Å²) in [5.41, 5.74) is 6.75. The van der Waals surface area contributed by atoms with Crippen molar-refractivity contribution in [3.05, 3.63) is 30.7 Å². The highest BCUT2D eigenvalue weighted by atomic mass is 16.3. The van der Waals surface area contributed by atoms with Gasteiger partial charge in [-0.3, -0.25) is 0 Å². The number of anilines is 1. The van der Waals surface area contributed by atoms with E-state index in [1.54, 1.807) is 18.4 Å². The second kappa shape index (κ2) is 2.65. The maximum absolute atomic E-state index is 5.52. The molecule has 0 saturated heterocycles. The molecule has 2 rings (SSSR count). The second-order valence-corrected chi connectivity index (χ2v) is 2.35. The summed E-state index contributed by atoms with van der Waals surface area (Å²) in [7, 11) is 0. The highest BCUT2D eigenvalue weighted by molar-refractivity contribution is 5.56. The Morgan fingerprint density at radius 1 is 1.42 bits per heavy atom. The smallest absolute Gasteiger partial charge is 0.154 e. The van der Waals surface area contributed by atoms with Gasteiger partial charge in [-0.1, -0.05) is 0 Å². The number of aromatic nitrogens is 2. The fourth-order valence-electron chi connectivity index (χ4n) is 0.926. The third-order valence-corrected chi connectivity index (χ3v) is 1.45. The molecule has 4 heteroatoms. The fraction of sp³-hybridized carbons (Fsp3) is 0. The van der Waals surface area contributed by atoms with Crippen LogP contribution in [0.15, 0.2) is 35.1 Å². The van der Waals surface area contributed by atoms with Crippen molar-refractivity contribution in [2.45, 2.75) is 0 Å². The van der Waals surface area contributed by atoms with Crippen molar-refractivity contribution in [1.82, 2.24) is 10.2 Å². The lowest BCUT2D eigenvalue weighted by Gasteiger charge is -1.94. The lowest BCUT2D eigenvalue weighted by atomic mass is 10.3. The third-order valence-electron chi connectivity index (χ3n) is 1.45. The van der Waals surface area contributed by atoms with E-state index >= 15 is 0 Å². The van der Waals surface area contributed by atoms with Crippen molar-refractivity contribution in [3.63, 3.8) is 0 Å². The summed E-state index contributed by atoms with van der Waals surface area (Å²) < 4.78 is 5.12. The minimum absolute atomic E-state index is 0.580. The van der Waals surface area contributed by atoms with Gasteiger partial charge in [0.25, 0.3) is 0 Å². The van der Waals surface area contributed by atoms with E-state index in [9.17, 15) is 0 Å². The average molecular weight is 161 g/mol. The Balaban J connectivity index is 2.48. The molecule has 0 unspecified atom stereocenters. The van der Waals surface area contributed by atoms with Crippen LogP contribution in [0.3, 0.4) is 0 Å². The van der Waals surface area contributed by atoms with Crippen LogP contribution in [0.1, 0.15) is 0 Å². The molecule has 0 fully saturated rings. The van der Waals surface area contributed by atoms with E-state index in [0.29, 0.717) is 17.1 Å². The van der Waals surface area contributed by atoms with Gasteiger partial charge in [0.2, 0.25) is 0 Å². The Kier molecular flexibility index (Phi) is 1.51. The van der Waals surface area contributed by atoms with Crippen LogP contribution in [0.4, 0.5) is 5.69 Å². The normalized spacial score (nSPS) is 10.0. The second-order valence-electron chi connectivity index (χ2n) is 2.35. The molecule has 0 saturated carbocycles. The molecule has 60 valence electrons. The molecule has 0 aliphatic heterocycles. The molecule has 4 nitrogen and oxygen atoms in total. The number of furan rings is 1. The number of hydrogen-bond donors (Lipinski definition) is 1. The first-order chi connectivity index (χ1) is 5.86. The minimum atomic E-state index is 0.580. The summed E-state index contributed by atoms with van der Waals surface area (Å²) >= 11 is 0. The molecule has 0 aliphatic rings. The van der Waals surface area contributed by atoms with Gasteiger partial charge in [0.05, 0.1) is 18.1 Å². The zero-order valence-corrected chi connectivity index (χ0v) is 6.27. The van der Waals surface area contributed by atoms with Gasteiger partial charge >= 0.3 is 0 Å². The molecular formula is C8H7N3O. The topological polar surface area (TPSA) is 64.9 Å². The summed E-state index contributed by atoms with van der Waals surface area (Å²) in [6.07, 6.45) is 3.08. The largest absolute Gasteiger partial charge is 0.463 e. The SMILES string of the molecule is Nc1cnnc(-c2ccco2)c1. The fourth-order valence-corrected chi connectivity index (χ4v) is 0.926. The van der Waals surface area contributed by atoms with Crippen molar-refractivity contribution >= 4 is 5.69 Å². The van der Waals surface area contributed by atoms with Gasteiger partial charge in [-0.25, -0.2) is 0 Å². The van der Waals surface area contributed by atoms with Gasteiger partial charge in [-0.05, 0) is 18.2 Å². The van der Waals surface area contributed by atoms with Crippen LogP contribution in [-0.4, -0.2) is 10.2 Å². The highest BCUT2D eigenvalue weighted by Gasteiger charge is 2.01. The Labute approximate surface area is 69.0 Å². The number of rotatable bonds is 1. The van der Waals surface area contributed by atoms with E-state index in [0.717, 1.165) is 0 Å². The first kappa shape index (κ1) is 6.84. The zero-order chi connectivity index (χ0) is 8.39. The van der Waals surface area contributed by atoms with Crippen molar-refractivity contribution < 1.29 is 4.42 Å². The number of nitrogens with two attached hydrogens (primary N) is 1. The quantitative estimate of drug-likeness (QED) is 0.685. The molecule has 2 aromatic heterocycles. The van der Waals surface area contributed by atoms with Crippen molar-refractivity contribution in [2.75, 3.05) is 5.73 Å². The van der Waals surface area contributed by atoms with Crippen LogP contribution in [0.5, 0.6) is 0 Å². The van der Waals surface area contributed by atoms with Gasteiger partial charge in [-0.15, -0.1) is 5.10 Å². The first-order valence-electron chi connectivity index (χ1n) is 3.48. The maximum atomic E-state index is 5.52. The molecule has 0 amide bonds. The van der Waals surface area contributed by atoms with E-state index in [-0.39, 0.29) is 0 Å². The van der Waals surface area contributed by atoms with Gasteiger partial charge in [0, 0.05) is 0 Å².